The van der Waals surface area contributed by atoms with Crippen LogP contribution < -0.4 is 10.6 Å². The maximum Gasteiger partial charge on any atom is 0.409 e. The highest BCUT2D eigenvalue weighted by Crippen LogP contribution is 2.13. The molecule has 2 amide bonds. The van der Waals surface area contributed by atoms with Crippen molar-refractivity contribution in [2.24, 2.45) is 4.99 Å². The van der Waals surface area contributed by atoms with E-state index in [0.717, 1.165) is 18.4 Å². The highest BCUT2D eigenvalue weighted by molar-refractivity contribution is 14.0. The van der Waals surface area contributed by atoms with Crippen LogP contribution in [0.25, 0.3) is 0 Å². The molecule has 0 aromatic heterocycles. The third kappa shape index (κ3) is 8.95. The number of hydrogen-bond donors (Lipinski definition) is 2. The van der Waals surface area contributed by atoms with Crippen molar-refractivity contribution in [3.63, 3.8) is 0 Å². The number of guanidine groups is 1. The summed E-state index contributed by atoms with van der Waals surface area (Å²) in [7, 11) is 3.43. The fourth-order valence-corrected chi connectivity index (χ4v) is 3.10. The van der Waals surface area contributed by atoms with Crippen LogP contribution in [0.2, 0.25) is 5.02 Å². The van der Waals surface area contributed by atoms with Gasteiger partial charge in [-0.3, -0.25) is 4.79 Å². The van der Waals surface area contributed by atoms with Crippen LogP contribution in [0.4, 0.5) is 4.79 Å². The number of nitrogens with one attached hydrogen (secondary N) is 2. The summed E-state index contributed by atoms with van der Waals surface area (Å²) in [5.41, 5.74) is 0.981. The number of likely N-dealkylation sites (tertiary alicyclic amines) is 1. The molecule has 2 N–H and O–H groups in total. The highest BCUT2D eigenvalue weighted by Gasteiger charge is 2.24. The van der Waals surface area contributed by atoms with Crippen molar-refractivity contribution in [1.29, 1.82) is 0 Å². The van der Waals surface area contributed by atoms with Crippen molar-refractivity contribution in [3.8, 4) is 0 Å². The zero-order valence-corrected chi connectivity index (χ0v) is 20.8. The number of halogens is 2. The minimum Gasteiger partial charge on any atom is -0.450 e. The second-order valence-corrected chi connectivity index (χ2v) is 7.48. The van der Waals surface area contributed by atoms with Gasteiger partial charge in [0.1, 0.15) is 0 Å². The minimum absolute atomic E-state index is 0. The molecule has 30 heavy (non-hydrogen) atoms. The van der Waals surface area contributed by atoms with Crippen molar-refractivity contribution in [2.45, 2.75) is 32.4 Å². The number of rotatable bonds is 6. The lowest BCUT2D eigenvalue weighted by atomic mass is 10.1. The lowest BCUT2D eigenvalue weighted by Gasteiger charge is -2.32. The number of amides is 2. The number of carbonyl (C=O) groups excluding carboxylic acids is 2. The molecule has 0 saturated carbocycles. The summed E-state index contributed by atoms with van der Waals surface area (Å²) in [6.07, 6.45) is 1.28. The van der Waals surface area contributed by atoms with E-state index in [4.69, 9.17) is 16.3 Å². The summed E-state index contributed by atoms with van der Waals surface area (Å²) in [6.45, 7) is 4.00. The first-order valence-electron chi connectivity index (χ1n) is 9.80. The van der Waals surface area contributed by atoms with Gasteiger partial charge in [-0.1, -0.05) is 23.7 Å². The molecule has 0 unspecified atom stereocenters. The predicted octanol–water partition coefficient (Wildman–Crippen LogP) is 2.70. The van der Waals surface area contributed by atoms with Crippen molar-refractivity contribution >= 4 is 53.5 Å². The van der Waals surface area contributed by atoms with Gasteiger partial charge in [-0.05, 0) is 37.5 Å². The zero-order chi connectivity index (χ0) is 21.2. The number of carbonyl (C=O) groups is 2. The maximum atomic E-state index is 11.9. The zero-order valence-electron chi connectivity index (χ0n) is 17.7. The Hall–Kier alpha value is -1.75. The third-order valence-electron chi connectivity index (χ3n) is 4.58. The van der Waals surface area contributed by atoms with Gasteiger partial charge in [0.05, 0.1) is 19.7 Å². The van der Waals surface area contributed by atoms with E-state index in [1.807, 2.05) is 24.3 Å². The van der Waals surface area contributed by atoms with E-state index in [9.17, 15) is 9.59 Å². The molecule has 0 atom stereocenters. The van der Waals surface area contributed by atoms with Crippen LogP contribution in [0.3, 0.4) is 0 Å². The Morgan fingerprint density at radius 2 is 2.00 bits per heavy atom. The fraction of sp³-hybridized carbons (Fsp3) is 0.550. The number of hydrogen-bond acceptors (Lipinski definition) is 4. The number of benzene rings is 1. The molecule has 1 aliphatic rings. The first-order chi connectivity index (χ1) is 13.9. The number of aliphatic imine (C=N–C) groups is 1. The molecule has 1 saturated heterocycles. The van der Waals surface area contributed by atoms with Crippen LogP contribution in [0.1, 0.15) is 25.3 Å². The van der Waals surface area contributed by atoms with Crippen molar-refractivity contribution < 1.29 is 14.3 Å². The summed E-state index contributed by atoms with van der Waals surface area (Å²) in [6, 6.07) is 7.68. The fourth-order valence-electron chi connectivity index (χ4n) is 2.89. The molecule has 168 valence electrons. The van der Waals surface area contributed by atoms with Gasteiger partial charge in [-0.25, -0.2) is 9.79 Å². The first kappa shape index (κ1) is 26.3. The molecule has 1 fully saturated rings. The summed E-state index contributed by atoms with van der Waals surface area (Å²) >= 11 is 6.04. The van der Waals surface area contributed by atoms with E-state index < -0.39 is 0 Å². The first-order valence-corrected chi connectivity index (χ1v) is 10.2. The van der Waals surface area contributed by atoms with Crippen LogP contribution in [-0.2, 0) is 16.1 Å². The molecule has 2 rings (SSSR count). The molecule has 8 nitrogen and oxygen atoms in total. The van der Waals surface area contributed by atoms with Crippen molar-refractivity contribution in [3.05, 3.63) is 34.9 Å². The number of nitrogens with zero attached hydrogens (tertiary/aromatic N) is 3. The molecular weight excluding hydrogens is 521 g/mol. The van der Waals surface area contributed by atoms with Gasteiger partial charge in [0.2, 0.25) is 5.91 Å². The molecule has 0 bridgehead atoms. The van der Waals surface area contributed by atoms with Crippen molar-refractivity contribution in [2.75, 3.05) is 40.3 Å². The van der Waals surface area contributed by atoms with Crippen LogP contribution >= 0.6 is 35.6 Å². The second kappa shape index (κ2) is 13.5. The Balaban J connectivity index is 0.00000450. The van der Waals surface area contributed by atoms with Crippen LogP contribution in [0.15, 0.2) is 29.3 Å². The molecular formula is C20H31ClIN5O3. The smallest absolute Gasteiger partial charge is 0.409 e. The maximum absolute atomic E-state index is 11.9. The topological polar surface area (TPSA) is 86.3 Å². The highest BCUT2D eigenvalue weighted by atomic mass is 127. The lowest BCUT2D eigenvalue weighted by molar-refractivity contribution is -0.127. The Morgan fingerprint density at radius 3 is 2.60 bits per heavy atom. The van der Waals surface area contributed by atoms with Gasteiger partial charge in [-0.15, -0.1) is 24.0 Å². The largest absolute Gasteiger partial charge is 0.450 e. The van der Waals surface area contributed by atoms with Crippen LogP contribution in [0, 0.1) is 0 Å². The van der Waals surface area contributed by atoms with Crippen LogP contribution in [-0.4, -0.2) is 74.1 Å². The van der Waals surface area contributed by atoms with E-state index in [1.165, 1.54) is 4.90 Å². The van der Waals surface area contributed by atoms with Gasteiger partial charge >= 0.3 is 6.09 Å². The molecule has 0 spiro atoms. The van der Waals surface area contributed by atoms with E-state index in [0.29, 0.717) is 37.2 Å². The van der Waals surface area contributed by atoms with Crippen molar-refractivity contribution in [1.82, 2.24) is 20.4 Å². The number of likely N-dealkylation sites (N-methyl/N-ethyl adjacent to an activating group) is 1. The minimum atomic E-state index is -0.268. The molecule has 1 aromatic carbocycles. The molecule has 0 radical (unpaired) electrons. The average molecular weight is 552 g/mol. The number of ether oxygens (including phenoxy) is 1. The standard InChI is InChI=1S/C20H30ClN5O3.HI/c1-4-29-20(28)26-10-8-17(9-11-26)24-19(23-14-18(27)25(2)3)22-13-15-6-5-7-16(21)12-15;/h5-7,12,17H,4,8-11,13-14H2,1-3H3,(H2,22,23,24);1H. The number of piperidine rings is 1. The van der Waals surface area contributed by atoms with E-state index in [2.05, 4.69) is 15.6 Å². The van der Waals surface area contributed by atoms with Gasteiger partial charge in [0.15, 0.2) is 5.96 Å². The predicted molar refractivity (Wildman–Crippen MR) is 129 cm³/mol. The van der Waals surface area contributed by atoms with E-state index in [1.54, 1.807) is 25.9 Å². The Morgan fingerprint density at radius 1 is 1.30 bits per heavy atom. The summed E-state index contributed by atoms with van der Waals surface area (Å²) in [5.74, 6) is 0.522. The summed E-state index contributed by atoms with van der Waals surface area (Å²) in [5, 5.41) is 7.14. The lowest BCUT2D eigenvalue weighted by Crippen LogP contribution is -2.51. The van der Waals surface area contributed by atoms with E-state index in [-0.39, 0.29) is 48.6 Å². The summed E-state index contributed by atoms with van der Waals surface area (Å²) < 4.78 is 5.06. The van der Waals surface area contributed by atoms with Gasteiger partial charge < -0.3 is 25.2 Å². The SMILES string of the molecule is CCOC(=O)N1CCC(NC(=NCc2cccc(Cl)c2)NCC(=O)N(C)C)CC1.I. The van der Waals surface area contributed by atoms with Gasteiger partial charge in [0, 0.05) is 38.2 Å². The average Bonchev–Trinajstić information content (AvgIpc) is 2.70. The van der Waals surface area contributed by atoms with Crippen LogP contribution in [0.5, 0.6) is 0 Å². The Kier molecular flexibility index (Phi) is 11.9. The molecule has 1 heterocycles. The molecule has 0 aliphatic carbocycles. The summed E-state index contributed by atoms with van der Waals surface area (Å²) in [4.78, 5) is 31.6. The molecule has 10 heteroatoms. The Bertz CT molecular complexity index is 724. The van der Waals surface area contributed by atoms with E-state index >= 15 is 0 Å². The monoisotopic (exact) mass is 551 g/mol. The quantitative estimate of drug-likeness (QED) is 0.323. The third-order valence-corrected chi connectivity index (χ3v) is 4.81. The molecule has 1 aromatic rings. The Labute approximate surface area is 200 Å². The molecule has 1 aliphatic heterocycles. The second-order valence-electron chi connectivity index (χ2n) is 7.04. The normalized spacial score (nSPS) is 14.5. The van der Waals surface area contributed by atoms with Gasteiger partial charge in [0.25, 0.3) is 0 Å². The van der Waals surface area contributed by atoms with Gasteiger partial charge in [-0.2, -0.15) is 0 Å².